The molecule has 0 aliphatic carbocycles. The summed E-state index contributed by atoms with van der Waals surface area (Å²) in [7, 11) is 0. The molecule has 142 valence electrons. The molecule has 0 radical (unpaired) electrons. The number of aromatic amines is 1. The summed E-state index contributed by atoms with van der Waals surface area (Å²) in [5.41, 5.74) is -1.98. The number of aromatic nitrogens is 2. The van der Waals surface area contributed by atoms with Crippen molar-refractivity contribution in [1.29, 1.82) is 0 Å². The molecule has 0 saturated heterocycles. The molecular formula is C19H31FN2O3. The van der Waals surface area contributed by atoms with E-state index >= 15 is 0 Å². The molecule has 6 heteroatoms. The van der Waals surface area contributed by atoms with Crippen LogP contribution >= 0.6 is 0 Å². The normalized spacial score (nSPS) is 11.2. The predicted molar refractivity (Wildman–Crippen MR) is 97.5 cm³/mol. The van der Waals surface area contributed by atoms with Crippen molar-refractivity contribution in [3.63, 3.8) is 0 Å². The van der Waals surface area contributed by atoms with Crippen molar-refractivity contribution < 1.29 is 9.18 Å². The second-order valence-corrected chi connectivity index (χ2v) is 7.11. The first-order valence-electron chi connectivity index (χ1n) is 9.46. The number of carbonyl (C=O) groups is 1. The highest BCUT2D eigenvalue weighted by Gasteiger charge is 2.10. The summed E-state index contributed by atoms with van der Waals surface area (Å²) in [6.45, 7) is 4.52. The summed E-state index contributed by atoms with van der Waals surface area (Å²) in [4.78, 5) is 36.1. The largest absolute Gasteiger partial charge is 0.335 e. The van der Waals surface area contributed by atoms with Crippen molar-refractivity contribution in [1.82, 2.24) is 9.55 Å². The van der Waals surface area contributed by atoms with Crippen LogP contribution in [0, 0.1) is 11.7 Å². The van der Waals surface area contributed by atoms with Gasteiger partial charge in [0.25, 0.3) is 5.56 Å². The Bertz CT molecular complexity index is 634. The number of H-pyrrole nitrogens is 1. The van der Waals surface area contributed by atoms with Crippen LogP contribution in [0.5, 0.6) is 0 Å². The fourth-order valence-electron chi connectivity index (χ4n) is 2.82. The minimum atomic E-state index is -1.12. The SMILES string of the molecule is CC(C)CCCCCCCCCCCC(=O)n1cc(F)c(=O)[nH]c1=O. The predicted octanol–water partition coefficient (Wildman–Crippen LogP) is 4.26. The van der Waals surface area contributed by atoms with Gasteiger partial charge in [-0.1, -0.05) is 71.6 Å². The van der Waals surface area contributed by atoms with Crippen LogP contribution in [-0.2, 0) is 0 Å². The topological polar surface area (TPSA) is 71.9 Å². The fraction of sp³-hybridized carbons (Fsp3) is 0.737. The molecule has 0 bridgehead atoms. The number of carbonyl (C=O) groups excluding carboxylic acids is 1. The molecule has 0 spiro atoms. The third-order valence-electron chi connectivity index (χ3n) is 4.34. The van der Waals surface area contributed by atoms with E-state index in [9.17, 15) is 18.8 Å². The molecule has 0 fully saturated rings. The summed E-state index contributed by atoms with van der Waals surface area (Å²) in [5.74, 6) is -0.808. The second kappa shape index (κ2) is 11.8. The summed E-state index contributed by atoms with van der Waals surface area (Å²) < 4.78 is 13.8. The molecule has 1 aromatic rings. The van der Waals surface area contributed by atoms with Crippen molar-refractivity contribution >= 4 is 5.91 Å². The van der Waals surface area contributed by atoms with Gasteiger partial charge in [0.15, 0.2) is 0 Å². The highest BCUT2D eigenvalue weighted by Crippen LogP contribution is 2.13. The Kier molecular flexibility index (Phi) is 10.0. The molecule has 0 amide bonds. The summed E-state index contributed by atoms with van der Waals surface area (Å²) >= 11 is 0. The average Bonchev–Trinajstić information content (AvgIpc) is 2.55. The van der Waals surface area contributed by atoms with Crippen LogP contribution < -0.4 is 11.2 Å². The second-order valence-electron chi connectivity index (χ2n) is 7.11. The minimum absolute atomic E-state index is 0.181. The van der Waals surface area contributed by atoms with Gasteiger partial charge < -0.3 is 0 Å². The average molecular weight is 354 g/mol. The number of rotatable bonds is 12. The van der Waals surface area contributed by atoms with Gasteiger partial charge in [0.05, 0.1) is 6.20 Å². The Morgan fingerprint density at radius 1 is 1.00 bits per heavy atom. The first kappa shape index (κ1) is 21.3. The lowest BCUT2D eigenvalue weighted by molar-refractivity contribution is 0.0891. The van der Waals surface area contributed by atoms with Crippen LogP contribution in [-0.4, -0.2) is 15.5 Å². The molecule has 0 aliphatic heterocycles. The van der Waals surface area contributed by atoms with Crippen LogP contribution in [0.1, 0.15) is 89.3 Å². The molecular weight excluding hydrogens is 323 g/mol. The number of hydrogen-bond donors (Lipinski definition) is 1. The van der Waals surface area contributed by atoms with Gasteiger partial charge in [0.1, 0.15) is 0 Å². The lowest BCUT2D eigenvalue weighted by atomic mass is 10.0. The van der Waals surface area contributed by atoms with Gasteiger partial charge in [-0.2, -0.15) is 4.39 Å². The lowest BCUT2D eigenvalue weighted by Crippen LogP contribution is -2.34. The molecule has 1 aromatic heterocycles. The van der Waals surface area contributed by atoms with Crippen molar-refractivity contribution in [2.75, 3.05) is 0 Å². The Balaban J connectivity index is 2.08. The van der Waals surface area contributed by atoms with Crippen LogP contribution in [0.4, 0.5) is 4.39 Å². The molecule has 0 aliphatic rings. The smallest absolute Gasteiger partial charge is 0.274 e. The van der Waals surface area contributed by atoms with Crippen LogP contribution in [0.2, 0.25) is 0 Å². The van der Waals surface area contributed by atoms with E-state index in [0.29, 0.717) is 17.2 Å². The number of halogens is 1. The number of nitrogens with zero attached hydrogens (tertiary/aromatic N) is 1. The van der Waals surface area contributed by atoms with Crippen LogP contribution in [0.15, 0.2) is 15.8 Å². The highest BCUT2D eigenvalue weighted by molar-refractivity contribution is 5.78. The van der Waals surface area contributed by atoms with Gasteiger partial charge in [0, 0.05) is 6.42 Å². The molecule has 5 nitrogen and oxygen atoms in total. The standard InChI is InChI=1S/C19H31FN2O3/c1-15(2)12-10-8-6-4-3-5-7-9-11-13-17(23)22-14-16(20)18(24)21-19(22)25/h14-15H,3-13H2,1-2H3,(H,21,24,25). The Morgan fingerprint density at radius 3 is 2.08 bits per heavy atom. The van der Waals surface area contributed by atoms with Crippen molar-refractivity contribution in [3.8, 4) is 0 Å². The maximum atomic E-state index is 13.1. The first-order valence-corrected chi connectivity index (χ1v) is 9.46. The van der Waals surface area contributed by atoms with Gasteiger partial charge in [0.2, 0.25) is 11.7 Å². The molecule has 1 rings (SSSR count). The van der Waals surface area contributed by atoms with Gasteiger partial charge in [-0.05, 0) is 12.3 Å². The molecule has 0 unspecified atom stereocenters. The first-order chi connectivity index (χ1) is 11.9. The van der Waals surface area contributed by atoms with E-state index in [2.05, 4.69) is 13.8 Å². The van der Waals surface area contributed by atoms with E-state index < -0.39 is 23.0 Å². The van der Waals surface area contributed by atoms with Gasteiger partial charge in [-0.3, -0.25) is 14.6 Å². The summed E-state index contributed by atoms with van der Waals surface area (Å²) in [6.07, 6.45) is 12.4. The monoisotopic (exact) mass is 354 g/mol. The molecule has 1 heterocycles. The van der Waals surface area contributed by atoms with E-state index in [4.69, 9.17) is 0 Å². The molecule has 0 aromatic carbocycles. The zero-order chi connectivity index (χ0) is 18.7. The van der Waals surface area contributed by atoms with Gasteiger partial charge in [-0.25, -0.2) is 9.36 Å². The fourth-order valence-corrected chi connectivity index (χ4v) is 2.82. The maximum absolute atomic E-state index is 13.1. The Hall–Kier alpha value is -1.72. The lowest BCUT2D eigenvalue weighted by Gasteiger charge is -2.05. The van der Waals surface area contributed by atoms with E-state index in [1.54, 1.807) is 4.98 Å². The molecule has 25 heavy (non-hydrogen) atoms. The Labute approximate surface area is 148 Å². The minimum Gasteiger partial charge on any atom is -0.274 e. The van der Waals surface area contributed by atoms with Crippen molar-refractivity contribution in [2.45, 2.75) is 84.5 Å². The zero-order valence-electron chi connectivity index (χ0n) is 15.5. The highest BCUT2D eigenvalue weighted by atomic mass is 19.1. The van der Waals surface area contributed by atoms with Crippen molar-refractivity contribution in [3.05, 3.63) is 32.9 Å². The van der Waals surface area contributed by atoms with Crippen molar-refractivity contribution in [2.24, 2.45) is 5.92 Å². The molecule has 0 atom stereocenters. The third-order valence-corrected chi connectivity index (χ3v) is 4.34. The van der Waals surface area contributed by atoms with E-state index in [0.717, 1.165) is 25.2 Å². The van der Waals surface area contributed by atoms with E-state index in [1.807, 2.05) is 0 Å². The zero-order valence-corrected chi connectivity index (χ0v) is 15.5. The number of unbranched alkanes of at least 4 members (excludes halogenated alkanes) is 8. The molecule has 1 N–H and O–H groups in total. The molecule has 0 saturated carbocycles. The third kappa shape index (κ3) is 8.79. The van der Waals surface area contributed by atoms with Crippen LogP contribution in [0.25, 0.3) is 0 Å². The summed E-state index contributed by atoms with van der Waals surface area (Å²) in [6, 6.07) is 0. The Morgan fingerprint density at radius 2 is 1.52 bits per heavy atom. The van der Waals surface area contributed by atoms with Gasteiger partial charge >= 0.3 is 5.69 Å². The summed E-state index contributed by atoms with van der Waals surface area (Å²) in [5, 5.41) is 0. The number of nitrogens with one attached hydrogen (secondary N) is 1. The van der Waals surface area contributed by atoms with E-state index in [1.165, 1.54) is 38.5 Å². The number of hydrogen-bond acceptors (Lipinski definition) is 3. The van der Waals surface area contributed by atoms with Gasteiger partial charge in [-0.15, -0.1) is 0 Å². The quantitative estimate of drug-likeness (QED) is 0.570. The van der Waals surface area contributed by atoms with E-state index in [-0.39, 0.29) is 6.42 Å². The van der Waals surface area contributed by atoms with Crippen LogP contribution in [0.3, 0.4) is 0 Å². The maximum Gasteiger partial charge on any atom is 0.335 e.